The highest BCUT2D eigenvalue weighted by Crippen LogP contribution is 2.55. The van der Waals surface area contributed by atoms with Crippen molar-refractivity contribution in [3.63, 3.8) is 0 Å². The summed E-state index contributed by atoms with van der Waals surface area (Å²) < 4.78 is 2.37. The fourth-order valence-electron chi connectivity index (χ4n) is 7.70. The van der Waals surface area contributed by atoms with Crippen molar-refractivity contribution in [2.45, 2.75) is 26.2 Å². The van der Waals surface area contributed by atoms with Gasteiger partial charge in [-0.15, -0.1) is 0 Å². The summed E-state index contributed by atoms with van der Waals surface area (Å²) in [6.07, 6.45) is 4.63. The highest BCUT2D eigenvalue weighted by molar-refractivity contribution is 6.10. The third-order valence-corrected chi connectivity index (χ3v) is 9.67. The van der Waals surface area contributed by atoms with E-state index >= 15 is 0 Å². The minimum absolute atomic E-state index is 0.106. The van der Waals surface area contributed by atoms with Crippen molar-refractivity contribution in [1.82, 2.24) is 4.57 Å². The standard InChI is InChI=1S/C40H34N2/c1-26-36(23-22-33-31-13-7-9-15-35(31)40(2,3)39(26)33)41-29-20-17-27(18-21-29)28-19-24-38-34(25-28)32-14-8-10-16-37(32)42(38)30-11-5-4-6-12-30/h4-26,39,41H,1-3H3. The Hall–Kier alpha value is -4.82. The topological polar surface area (TPSA) is 17.0 Å². The molecule has 2 aliphatic rings. The number of fused-ring (bicyclic) bond motifs is 6. The molecule has 42 heavy (non-hydrogen) atoms. The van der Waals surface area contributed by atoms with Gasteiger partial charge in [0.2, 0.25) is 0 Å². The van der Waals surface area contributed by atoms with Crippen molar-refractivity contribution in [2.24, 2.45) is 11.8 Å². The van der Waals surface area contributed by atoms with Crippen LogP contribution in [0.1, 0.15) is 31.9 Å². The summed E-state index contributed by atoms with van der Waals surface area (Å²) in [7, 11) is 0. The molecule has 0 amide bonds. The Kier molecular flexibility index (Phi) is 5.55. The van der Waals surface area contributed by atoms with Crippen LogP contribution in [0.25, 0.3) is 44.2 Å². The van der Waals surface area contributed by atoms with Crippen LogP contribution in [-0.4, -0.2) is 4.57 Å². The van der Waals surface area contributed by atoms with Crippen LogP contribution in [0.3, 0.4) is 0 Å². The molecule has 1 aromatic heterocycles. The van der Waals surface area contributed by atoms with Gasteiger partial charge in [-0.1, -0.05) is 106 Å². The van der Waals surface area contributed by atoms with Gasteiger partial charge in [-0.05, 0) is 81.8 Å². The van der Waals surface area contributed by atoms with Gasteiger partial charge >= 0.3 is 0 Å². The first-order chi connectivity index (χ1) is 20.5. The number of nitrogens with zero attached hydrogens (tertiary/aromatic N) is 1. The van der Waals surface area contributed by atoms with Crippen molar-refractivity contribution < 1.29 is 0 Å². The SMILES string of the molecule is CC1C(Nc2ccc(-c3ccc4c(c3)c3ccccc3n4-c3ccccc3)cc2)=CC=C2c3ccccc3C(C)(C)C21. The molecule has 0 saturated carbocycles. The molecule has 1 N–H and O–H groups in total. The molecule has 0 spiro atoms. The van der Waals surface area contributed by atoms with E-state index in [2.05, 4.69) is 164 Å². The average Bonchev–Trinajstić information content (AvgIpc) is 3.48. The first-order valence-electron chi connectivity index (χ1n) is 15.0. The van der Waals surface area contributed by atoms with Crippen LogP contribution in [0.4, 0.5) is 5.69 Å². The minimum Gasteiger partial charge on any atom is -0.359 e. The normalized spacial score (nSPS) is 18.8. The maximum atomic E-state index is 3.77. The molecule has 0 radical (unpaired) electrons. The minimum atomic E-state index is 0.106. The Morgan fingerprint density at radius 1 is 0.643 bits per heavy atom. The third-order valence-electron chi connectivity index (χ3n) is 9.67. The maximum Gasteiger partial charge on any atom is 0.0541 e. The zero-order valence-corrected chi connectivity index (χ0v) is 24.3. The van der Waals surface area contributed by atoms with E-state index in [1.807, 2.05) is 0 Å². The molecular formula is C40H34N2. The predicted molar refractivity (Wildman–Crippen MR) is 178 cm³/mol. The maximum absolute atomic E-state index is 3.77. The largest absolute Gasteiger partial charge is 0.359 e. The number of rotatable bonds is 4. The Morgan fingerprint density at radius 3 is 2.17 bits per heavy atom. The van der Waals surface area contributed by atoms with Crippen molar-refractivity contribution >= 4 is 33.1 Å². The number of benzene rings is 5. The summed E-state index contributed by atoms with van der Waals surface area (Å²) in [6.45, 7) is 7.18. The molecular weight excluding hydrogens is 508 g/mol. The third kappa shape index (κ3) is 3.72. The van der Waals surface area contributed by atoms with Crippen LogP contribution in [0.5, 0.6) is 0 Å². The van der Waals surface area contributed by atoms with Crippen molar-refractivity contribution in [3.05, 3.63) is 150 Å². The number of para-hydroxylation sites is 2. The number of hydrogen-bond acceptors (Lipinski definition) is 1. The number of allylic oxidation sites excluding steroid dienone is 4. The lowest BCUT2D eigenvalue weighted by Gasteiger charge is -2.37. The Balaban J connectivity index is 1.11. The molecule has 1 heterocycles. The second-order valence-electron chi connectivity index (χ2n) is 12.4. The van der Waals surface area contributed by atoms with Crippen LogP contribution < -0.4 is 5.32 Å². The molecule has 8 rings (SSSR count). The van der Waals surface area contributed by atoms with Crippen LogP contribution >= 0.6 is 0 Å². The summed E-state index contributed by atoms with van der Waals surface area (Å²) in [5.41, 5.74) is 13.0. The van der Waals surface area contributed by atoms with Crippen molar-refractivity contribution in [1.29, 1.82) is 0 Å². The zero-order chi connectivity index (χ0) is 28.4. The van der Waals surface area contributed by atoms with E-state index in [0.29, 0.717) is 11.8 Å². The van der Waals surface area contributed by atoms with Crippen LogP contribution in [0.15, 0.2) is 139 Å². The van der Waals surface area contributed by atoms with Gasteiger partial charge in [-0.2, -0.15) is 0 Å². The van der Waals surface area contributed by atoms with E-state index in [1.54, 1.807) is 0 Å². The summed E-state index contributed by atoms with van der Waals surface area (Å²) in [6, 6.07) is 44.1. The van der Waals surface area contributed by atoms with Gasteiger partial charge in [0.05, 0.1) is 11.0 Å². The summed E-state index contributed by atoms with van der Waals surface area (Å²) in [4.78, 5) is 0. The molecule has 2 unspecified atom stereocenters. The van der Waals surface area contributed by atoms with Crippen LogP contribution in [-0.2, 0) is 5.41 Å². The first-order valence-corrected chi connectivity index (χ1v) is 15.0. The number of aromatic nitrogens is 1. The highest BCUT2D eigenvalue weighted by Gasteiger charge is 2.46. The Morgan fingerprint density at radius 2 is 1.33 bits per heavy atom. The smallest absolute Gasteiger partial charge is 0.0541 e. The van der Waals surface area contributed by atoms with Gasteiger partial charge in [0.15, 0.2) is 0 Å². The summed E-state index contributed by atoms with van der Waals surface area (Å²) >= 11 is 0. The van der Waals surface area contributed by atoms with E-state index in [1.165, 1.54) is 61.0 Å². The Bertz CT molecular complexity index is 2040. The van der Waals surface area contributed by atoms with Gasteiger partial charge in [-0.25, -0.2) is 0 Å². The number of anilines is 1. The zero-order valence-electron chi connectivity index (χ0n) is 24.3. The summed E-state index contributed by atoms with van der Waals surface area (Å²) in [5, 5.41) is 6.33. The average molecular weight is 543 g/mol. The second-order valence-corrected chi connectivity index (χ2v) is 12.4. The molecule has 0 bridgehead atoms. The molecule has 0 aliphatic heterocycles. The number of nitrogens with one attached hydrogen (secondary N) is 1. The van der Waals surface area contributed by atoms with Gasteiger partial charge in [-0.3, -0.25) is 0 Å². The molecule has 204 valence electrons. The highest BCUT2D eigenvalue weighted by atomic mass is 15.0. The molecule has 2 aliphatic carbocycles. The first kappa shape index (κ1) is 24.9. The molecule has 2 nitrogen and oxygen atoms in total. The van der Waals surface area contributed by atoms with E-state index in [4.69, 9.17) is 0 Å². The molecule has 2 atom stereocenters. The van der Waals surface area contributed by atoms with E-state index in [0.717, 1.165) is 5.69 Å². The summed E-state index contributed by atoms with van der Waals surface area (Å²) in [5.74, 6) is 0.864. The van der Waals surface area contributed by atoms with E-state index < -0.39 is 0 Å². The van der Waals surface area contributed by atoms with Gasteiger partial charge < -0.3 is 9.88 Å². The van der Waals surface area contributed by atoms with Crippen molar-refractivity contribution in [2.75, 3.05) is 5.32 Å². The van der Waals surface area contributed by atoms with Crippen LogP contribution in [0.2, 0.25) is 0 Å². The quantitative estimate of drug-likeness (QED) is 0.234. The number of hydrogen-bond donors (Lipinski definition) is 1. The van der Waals surface area contributed by atoms with Gasteiger partial charge in [0.25, 0.3) is 0 Å². The second kappa shape index (κ2) is 9.36. The van der Waals surface area contributed by atoms with Gasteiger partial charge in [0, 0.05) is 39.7 Å². The lowest BCUT2D eigenvalue weighted by Crippen LogP contribution is -2.32. The Labute approximate surface area is 247 Å². The molecule has 6 aromatic rings. The lowest BCUT2D eigenvalue weighted by molar-refractivity contribution is 0.337. The van der Waals surface area contributed by atoms with Gasteiger partial charge in [0.1, 0.15) is 0 Å². The molecule has 0 saturated heterocycles. The molecule has 5 aromatic carbocycles. The van der Waals surface area contributed by atoms with Crippen molar-refractivity contribution in [3.8, 4) is 16.8 Å². The monoisotopic (exact) mass is 542 g/mol. The van der Waals surface area contributed by atoms with E-state index in [9.17, 15) is 0 Å². The fourth-order valence-corrected chi connectivity index (χ4v) is 7.70. The molecule has 0 fully saturated rings. The fraction of sp³-hybridized carbons (Fsp3) is 0.150. The van der Waals surface area contributed by atoms with E-state index in [-0.39, 0.29) is 5.41 Å². The molecule has 2 heteroatoms. The van der Waals surface area contributed by atoms with Crippen LogP contribution in [0, 0.1) is 11.8 Å². The predicted octanol–water partition coefficient (Wildman–Crippen LogP) is 10.4. The lowest BCUT2D eigenvalue weighted by atomic mass is 9.69.